The van der Waals surface area contributed by atoms with Crippen LogP contribution in [0.3, 0.4) is 0 Å². The number of nitrogens with one attached hydrogen (secondary N) is 1. The molecule has 1 saturated heterocycles. The molecule has 0 unspecified atom stereocenters. The number of rotatable bonds is 7. The largest absolute Gasteiger partial charge is 0.487 e. The first kappa shape index (κ1) is 30.3. The van der Waals surface area contributed by atoms with E-state index in [0.29, 0.717) is 17.0 Å². The number of barbiturate groups is 1. The number of ether oxygens (including phenoxy) is 1. The molecule has 1 N–H and O–H groups in total. The first-order valence-electron chi connectivity index (χ1n) is 15.0. The third kappa shape index (κ3) is 5.77. The van der Waals surface area contributed by atoms with Crippen LogP contribution in [0, 0.1) is 35.0 Å². The fraction of sp³-hybridized carbons (Fsp3) is 0.324. The Morgan fingerprint density at radius 3 is 2.04 bits per heavy atom. The zero-order chi connectivity index (χ0) is 31.5. The molecule has 4 bridgehead atoms. The molecule has 9 nitrogen and oxygen atoms in total. The summed E-state index contributed by atoms with van der Waals surface area (Å²) < 4.78 is 7.52. The maximum Gasteiger partial charge on any atom is 0.335 e. The number of anilines is 1. The van der Waals surface area contributed by atoms with Crippen LogP contribution in [0.4, 0.5) is 16.2 Å². The Hall–Kier alpha value is -3.33. The number of amides is 4. The van der Waals surface area contributed by atoms with Gasteiger partial charge in [0.2, 0.25) is 0 Å². The van der Waals surface area contributed by atoms with Crippen molar-refractivity contribution in [1.82, 2.24) is 5.32 Å². The number of benzene rings is 3. The third-order valence-electron chi connectivity index (χ3n) is 9.74. The second-order valence-corrected chi connectivity index (χ2v) is 15.1. The molecule has 0 radical (unpaired) electrons. The van der Waals surface area contributed by atoms with Crippen molar-refractivity contribution in [3.63, 3.8) is 0 Å². The Bertz CT molecular complexity index is 1710. The molecule has 0 atom stereocenters. The monoisotopic (exact) mass is 829 g/mol. The van der Waals surface area contributed by atoms with Crippen molar-refractivity contribution < 1.29 is 24.0 Å². The van der Waals surface area contributed by atoms with E-state index in [1.165, 1.54) is 62.3 Å². The van der Waals surface area contributed by atoms with Gasteiger partial charge in [-0.15, -0.1) is 0 Å². The number of nitro groups is 1. The Kier molecular flexibility index (Phi) is 7.95. The normalized spacial score (nSPS) is 26.4. The number of carbonyl (C=O) groups is 3. The van der Waals surface area contributed by atoms with Gasteiger partial charge in [0.25, 0.3) is 17.5 Å². The van der Waals surface area contributed by atoms with Gasteiger partial charge in [-0.1, -0.05) is 12.1 Å². The highest BCUT2D eigenvalue weighted by molar-refractivity contribution is 14.1. The second kappa shape index (κ2) is 11.8. The van der Waals surface area contributed by atoms with Crippen molar-refractivity contribution in [3.8, 4) is 5.75 Å². The summed E-state index contributed by atoms with van der Waals surface area (Å²) in [6, 6.07) is 16.8. The molecule has 8 rings (SSSR count). The van der Waals surface area contributed by atoms with Crippen molar-refractivity contribution in [3.05, 3.63) is 100 Å². The van der Waals surface area contributed by atoms with Crippen LogP contribution in [0.1, 0.15) is 55.2 Å². The number of hydrogen-bond acceptors (Lipinski definition) is 6. The lowest BCUT2D eigenvalue weighted by atomic mass is 9.48. The van der Waals surface area contributed by atoms with Gasteiger partial charge in [-0.05, 0) is 166 Å². The van der Waals surface area contributed by atoms with Gasteiger partial charge in [0, 0.05) is 12.1 Å². The van der Waals surface area contributed by atoms with Gasteiger partial charge < -0.3 is 4.74 Å². The lowest BCUT2D eigenvalue weighted by Gasteiger charge is -2.57. The van der Waals surface area contributed by atoms with E-state index in [9.17, 15) is 24.5 Å². The average molecular weight is 829 g/mol. The Morgan fingerprint density at radius 1 is 0.911 bits per heavy atom. The van der Waals surface area contributed by atoms with E-state index in [0.717, 1.165) is 35.4 Å². The van der Waals surface area contributed by atoms with Crippen molar-refractivity contribution in [2.45, 2.75) is 50.5 Å². The SMILES string of the molecule is O=C1NC(=O)N(c2ccc(C34CC5CC(CC(C5)C3)C4)cc2)C(=O)/C1=C/c1cc(I)c(OCc2ccc([N+](=O)[O-])cc2)c(I)c1. The van der Waals surface area contributed by atoms with Crippen molar-refractivity contribution in [1.29, 1.82) is 0 Å². The molecule has 3 aromatic carbocycles. The topological polar surface area (TPSA) is 119 Å². The quantitative estimate of drug-likeness (QED) is 0.0866. The van der Waals surface area contributed by atoms with Crippen LogP contribution in [0.5, 0.6) is 5.75 Å². The molecule has 5 aliphatic rings. The van der Waals surface area contributed by atoms with Crippen molar-refractivity contribution >= 4 is 80.5 Å². The Balaban J connectivity index is 1.09. The highest BCUT2D eigenvalue weighted by Crippen LogP contribution is 2.60. The number of imide groups is 2. The zero-order valence-corrected chi connectivity index (χ0v) is 28.4. The van der Waals surface area contributed by atoms with Crippen LogP contribution in [0.25, 0.3) is 6.08 Å². The number of nitrogens with zero attached hydrogens (tertiary/aromatic N) is 2. The van der Waals surface area contributed by atoms with E-state index in [-0.39, 0.29) is 23.3 Å². The molecule has 1 aliphatic heterocycles. The Labute approximate surface area is 287 Å². The van der Waals surface area contributed by atoms with E-state index >= 15 is 0 Å². The molecule has 3 aromatic rings. The summed E-state index contributed by atoms with van der Waals surface area (Å²) in [6.07, 6.45) is 9.24. The minimum absolute atomic E-state index is 0.0106. The summed E-state index contributed by atoms with van der Waals surface area (Å²) in [7, 11) is 0. The summed E-state index contributed by atoms with van der Waals surface area (Å²) in [5.41, 5.74) is 3.19. The van der Waals surface area contributed by atoms with Gasteiger partial charge in [-0.25, -0.2) is 9.69 Å². The lowest BCUT2D eigenvalue weighted by molar-refractivity contribution is -0.384. The van der Waals surface area contributed by atoms with E-state index in [1.54, 1.807) is 24.3 Å². The van der Waals surface area contributed by atoms with Gasteiger partial charge in [-0.3, -0.25) is 25.0 Å². The summed E-state index contributed by atoms with van der Waals surface area (Å²) in [5, 5.41) is 13.2. The molecule has 11 heteroatoms. The van der Waals surface area contributed by atoms with Gasteiger partial charge in [0.1, 0.15) is 17.9 Å². The zero-order valence-electron chi connectivity index (χ0n) is 24.1. The minimum Gasteiger partial charge on any atom is -0.487 e. The molecular formula is C34H29I2N3O6. The second-order valence-electron chi connectivity index (χ2n) is 12.7. The predicted molar refractivity (Wildman–Crippen MR) is 185 cm³/mol. The van der Waals surface area contributed by atoms with Gasteiger partial charge >= 0.3 is 6.03 Å². The summed E-state index contributed by atoms with van der Waals surface area (Å²) in [6.45, 7) is 0.212. The number of halogens is 2. The summed E-state index contributed by atoms with van der Waals surface area (Å²) >= 11 is 4.25. The number of urea groups is 1. The third-order valence-corrected chi connectivity index (χ3v) is 11.3. The van der Waals surface area contributed by atoms with Crippen LogP contribution in [-0.2, 0) is 21.6 Å². The van der Waals surface area contributed by atoms with Gasteiger partial charge in [0.15, 0.2) is 0 Å². The molecular weight excluding hydrogens is 800 g/mol. The lowest BCUT2D eigenvalue weighted by Crippen LogP contribution is -2.54. The highest BCUT2D eigenvalue weighted by atomic mass is 127. The van der Waals surface area contributed by atoms with Crippen LogP contribution >= 0.6 is 45.2 Å². The van der Waals surface area contributed by atoms with Gasteiger partial charge in [-0.2, -0.15) is 0 Å². The number of hydrogen-bond donors (Lipinski definition) is 1. The molecule has 4 saturated carbocycles. The summed E-state index contributed by atoms with van der Waals surface area (Å²) in [5.74, 6) is 1.64. The molecule has 0 spiro atoms. The Morgan fingerprint density at radius 2 is 1.49 bits per heavy atom. The maximum absolute atomic E-state index is 13.6. The smallest absolute Gasteiger partial charge is 0.335 e. The number of non-ortho nitro benzene ring substituents is 1. The van der Waals surface area contributed by atoms with Crippen LogP contribution in [0.15, 0.2) is 66.2 Å². The van der Waals surface area contributed by atoms with E-state index in [4.69, 9.17) is 4.74 Å². The van der Waals surface area contributed by atoms with Crippen LogP contribution in [-0.4, -0.2) is 22.8 Å². The molecule has 4 amide bonds. The van der Waals surface area contributed by atoms with Crippen LogP contribution < -0.4 is 15.0 Å². The average Bonchev–Trinajstić information content (AvgIpc) is 2.98. The van der Waals surface area contributed by atoms with E-state index < -0.39 is 22.8 Å². The van der Waals surface area contributed by atoms with E-state index in [2.05, 4.69) is 62.6 Å². The molecule has 230 valence electrons. The first-order chi connectivity index (χ1) is 21.6. The first-order valence-corrected chi connectivity index (χ1v) is 17.1. The fourth-order valence-electron chi connectivity index (χ4n) is 8.16. The molecule has 1 heterocycles. The van der Waals surface area contributed by atoms with E-state index in [1.807, 2.05) is 12.1 Å². The standard InChI is InChI=1S/C34H29I2N3O6/c35-28-13-20(14-29(36)30(28)45-18-19-1-5-26(6-2-19)39(43)44)12-27-31(40)37-33(42)38(32(27)41)25-7-3-24(4-8-25)34-15-21-9-22(16-34)11-23(10-21)17-34/h1-8,12-14,21-23H,9-11,15-18H2,(H,37,40,42)/b27-12+. The highest BCUT2D eigenvalue weighted by Gasteiger charge is 2.51. The molecule has 45 heavy (non-hydrogen) atoms. The number of nitro benzene ring substituents is 1. The minimum atomic E-state index is -0.760. The van der Waals surface area contributed by atoms with Crippen molar-refractivity contribution in [2.24, 2.45) is 17.8 Å². The fourth-order valence-corrected chi connectivity index (χ4v) is 10.3. The molecule has 5 fully saturated rings. The predicted octanol–water partition coefficient (Wildman–Crippen LogP) is 7.52. The van der Waals surface area contributed by atoms with Crippen molar-refractivity contribution in [2.75, 3.05) is 4.90 Å². The maximum atomic E-state index is 13.6. The molecule has 4 aliphatic carbocycles. The summed E-state index contributed by atoms with van der Waals surface area (Å²) in [4.78, 5) is 50.9. The number of carbonyl (C=O) groups excluding carboxylic acids is 3. The molecule has 0 aromatic heterocycles. The van der Waals surface area contributed by atoms with Crippen LogP contribution in [0.2, 0.25) is 0 Å². The van der Waals surface area contributed by atoms with Gasteiger partial charge in [0.05, 0.1) is 17.8 Å².